The highest BCUT2D eigenvalue weighted by Crippen LogP contribution is 2.15. The van der Waals surface area contributed by atoms with Crippen LogP contribution in [-0.4, -0.2) is 42.2 Å². The van der Waals surface area contributed by atoms with Crippen molar-refractivity contribution in [2.24, 2.45) is 0 Å². The van der Waals surface area contributed by atoms with E-state index in [1.807, 2.05) is 6.08 Å². The molecule has 2 aliphatic rings. The van der Waals surface area contributed by atoms with Gasteiger partial charge in [0.25, 0.3) is 0 Å². The molecular weight excluding hydrogens is 208 g/mol. The SMILES string of the molecule is C1=COCCC1.OCC(O)C1CCCCO1. The third-order valence-corrected chi connectivity index (χ3v) is 2.66. The van der Waals surface area contributed by atoms with Crippen LogP contribution in [0.25, 0.3) is 0 Å². The van der Waals surface area contributed by atoms with Gasteiger partial charge in [-0.1, -0.05) is 0 Å². The molecule has 2 atom stereocenters. The standard InChI is InChI=1S/C7H14O3.C5H8O/c8-5-6(9)7-3-1-2-4-10-7;1-2-4-6-5-3-1/h6-9H,1-5H2;2,4H,1,3,5H2. The summed E-state index contributed by atoms with van der Waals surface area (Å²) in [7, 11) is 0. The number of aliphatic hydroxyl groups excluding tert-OH is 2. The molecule has 0 saturated carbocycles. The monoisotopic (exact) mass is 230 g/mol. The highest BCUT2D eigenvalue weighted by molar-refractivity contribution is 4.76. The van der Waals surface area contributed by atoms with Crippen molar-refractivity contribution >= 4 is 0 Å². The molecule has 2 unspecified atom stereocenters. The van der Waals surface area contributed by atoms with Crippen molar-refractivity contribution in [2.45, 2.75) is 44.3 Å². The summed E-state index contributed by atoms with van der Waals surface area (Å²) in [6.45, 7) is 1.45. The van der Waals surface area contributed by atoms with Gasteiger partial charge in [0.15, 0.2) is 0 Å². The summed E-state index contributed by atoms with van der Waals surface area (Å²) < 4.78 is 10.1. The summed E-state index contributed by atoms with van der Waals surface area (Å²) in [6.07, 6.45) is 8.45. The number of allylic oxidation sites excluding steroid dienone is 1. The van der Waals surface area contributed by atoms with Gasteiger partial charge < -0.3 is 19.7 Å². The normalized spacial score (nSPS) is 26.2. The van der Waals surface area contributed by atoms with E-state index in [-0.39, 0.29) is 12.7 Å². The second kappa shape index (κ2) is 8.56. The Balaban J connectivity index is 0.000000181. The van der Waals surface area contributed by atoms with Gasteiger partial charge in [0.2, 0.25) is 0 Å². The first kappa shape index (κ1) is 13.5. The zero-order chi connectivity index (χ0) is 11.6. The van der Waals surface area contributed by atoms with Crippen LogP contribution < -0.4 is 0 Å². The largest absolute Gasteiger partial charge is 0.502 e. The minimum Gasteiger partial charge on any atom is -0.502 e. The molecular formula is C12H22O4. The van der Waals surface area contributed by atoms with Gasteiger partial charge in [-0.3, -0.25) is 0 Å². The van der Waals surface area contributed by atoms with Gasteiger partial charge >= 0.3 is 0 Å². The molecule has 0 aromatic heterocycles. The molecule has 0 bridgehead atoms. The molecule has 1 saturated heterocycles. The fraction of sp³-hybridized carbons (Fsp3) is 0.833. The maximum Gasteiger partial charge on any atom is 0.103 e. The van der Waals surface area contributed by atoms with Crippen LogP contribution in [0.2, 0.25) is 0 Å². The van der Waals surface area contributed by atoms with Gasteiger partial charge in [-0.2, -0.15) is 0 Å². The van der Waals surface area contributed by atoms with E-state index in [4.69, 9.17) is 19.7 Å². The molecule has 0 aromatic carbocycles. The highest BCUT2D eigenvalue weighted by Gasteiger charge is 2.21. The van der Waals surface area contributed by atoms with Crippen molar-refractivity contribution in [2.75, 3.05) is 19.8 Å². The van der Waals surface area contributed by atoms with Crippen molar-refractivity contribution in [1.82, 2.24) is 0 Å². The van der Waals surface area contributed by atoms with Crippen LogP contribution in [0.5, 0.6) is 0 Å². The van der Waals surface area contributed by atoms with Gasteiger partial charge in [0.05, 0.1) is 25.6 Å². The van der Waals surface area contributed by atoms with E-state index in [1.54, 1.807) is 6.26 Å². The Labute approximate surface area is 96.9 Å². The first-order valence-corrected chi connectivity index (χ1v) is 6.01. The van der Waals surface area contributed by atoms with E-state index in [1.165, 1.54) is 12.8 Å². The Morgan fingerprint density at radius 2 is 2.12 bits per heavy atom. The van der Waals surface area contributed by atoms with Gasteiger partial charge in [-0.05, 0) is 38.2 Å². The lowest BCUT2D eigenvalue weighted by Crippen LogP contribution is -2.34. The second-order valence-electron chi connectivity index (χ2n) is 4.04. The number of aliphatic hydroxyl groups is 2. The summed E-state index contributed by atoms with van der Waals surface area (Å²) >= 11 is 0. The summed E-state index contributed by atoms with van der Waals surface area (Å²) in [5, 5.41) is 17.7. The maximum absolute atomic E-state index is 9.11. The van der Waals surface area contributed by atoms with Crippen LogP contribution >= 0.6 is 0 Å². The first-order chi connectivity index (χ1) is 7.84. The second-order valence-corrected chi connectivity index (χ2v) is 4.04. The zero-order valence-electron chi connectivity index (χ0n) is 9.68. The molecule has 2 heterocycles. The summed E-state index contributed by atoms with van der Waals surface area (Å²) in [4.78, 5) is 0. The molecule has 4 nitrogen and oxygen atoms in total. The van der Waals surface area contributed by atoms with Crippen LogP contribution in [0.15, 0.2) is 12.3 Å². The van der Waals surface area contributed by atoms with Crippen LogP contribution in [0.4, 0.5) is 0 Å². The molecule has 2 aliphatic heterocycles. The molecule has 0 amide bonds. The topological polar surface area (TPSA) is 58.9 Å². The van der Waals surface area contributed by atoms with Gasteiger partial charge in [0.1, 0.15) is 6.10 Å². The van der Waals surface area contributed by atoms with E-state index in [0.717, 1.165) is 32.5 Å². The Hall–Kier alpha value is -0.580. The summed E-state index contributed by atoms with van der Waals surface area (Å²) in [5.41, 5.74) is 0. The van der Waals surface area contributed by atoms with Crippen LogP contribution in [0.3, 0.4) is 0 Å². The molecule has 0 aromatic rings. The van der Waals surface area contributed by atoms with Crippen molar-refractivity contribution in [3.05, 3.63) is 12.3 Å². The predicted octanol–water partition coefficient (Wildman–Crippen LogP) is 1.22. The lowest BCUT2D eigenvalue weighted by Gasteiger charge is -2.25. The average molecular weight is 230 g/mol. The third-order valence-electron chi connectivity index (χ3n) is 2.66. The number of rotatable bonds is 2. The lowest BCUT2D eigenvalue weighted by atomic mass is 10.1. The molecule has 94 valence electrons. The number of hydrogen-bond donors (Lipinski definition) is 2. The summed E-state index contributed by atoms with van der Waals surface area (Å²) in [6, 6.07) is 0. The van der Waals surface area contributed by atoms with Gasteiger partial charge in [0, 0.05) is 6.61 Å². The lowest BCUT2D eigenvalue weighted by molar-refractivity contribution is -0.0783. The fourth-order valence-electron chi connectivity index (χ4n) is 1.68. The van der Waals surface area contributed by atoms with Crippen LogP contribution in [0, 0.1) is 0 Å². The molecule has 4 heteroatoms. The molecule has 2 N–H and O–H groups in total. The van der Waals surface area contributed by atoms with Crippen molar-refractivity contribution < 1.29 is 19.7 Å². The fourth-order valence-corrected chi connectivity index (χ4v) is 1.68. The predicted molar refractivity (Wildman–Crippen MR) is 61.0 cm³/mol. The van der Waals surface area contributed by atoms with Crippen LogP contribution in [-0.2, 0) is 9.47 Å². The quantitative estimate of drug-likeness (QED) is 0.749. The number of ether oxygens (including phenoxy) is 2. The first-order valence-electron chi connectivity index (χ1n) is 6.01. The van der Waals surface area contributed by atoms with Crippen LogP contribution in [0.1, 0.15) is 32.1 Å². The van der Waals surface area contributed by atoms with E-state index in [2.05, 4.69) is 0 Å². The Bertz CT molecular complexity index is 179. The Morgan fingerprint density at radius 3 is 2.50 bits per heavy atom. The molecule has 0 aliphatic carbocycles. The third kappa shape index (κ3) is 5.49. The smallest absolute Gasteiger partial charge is 0.103 e. The molecule has 0 spiro atoms. The molecule has 0 radical (unpaired) electrons. The number of hydrogen-bond acceptors (Lipinski definition) is 4. The van der Waals surface area contributed by atoms with Crippen molar-refractivity contribution in [3.63, 3.8) is 0 Å². The molecule has 2 rings (SSSR count). The zero-order valence-corrected chi connectivity index (χ0v) is 9.68. The van der Waals surface area contributed by atoms with Gasteiger partial charge in [-0.15, -0.1) is 0 Å². The summed E-state index contributed by atoms with van der Waals surface area (Å²) in [5.74, 6) is 0. The Kier molecular flexibility index (Phi) is 7.21. The van der Waals surface area contributed by atoms with Gasteiger partial charge in [-0.25, -0.2) is 0 Å². The van der Waals surface area contributed by atoms with E-state index >= 15 is 0 Å². The average Bonchev–Trinajstić information content (AvgIpc) is 2.41. The highest BCUT2D eigenvalue weighted by atomic mass is 16.5. The van der Waals surface area contributed by atoms with E-state index in [9.17, 15) is 0 Å². The molecule has 1 fully saturated rings. The van der Waals surface area contributed by atoms with E-state index in [0.29, 0.717) is 0 Å². The minimum atomic E-state index is -0.680. The maximum atomic E-state index is 9.11. The minimum absolute atomic E-state index is 0.126. The molecule has 16 heavy (non-hydrogen) atoms. The Morgan fingerprint density at radius 1 is 1.25 bits per heavy atom. The van der Waals surface area contributed by atoms with Crippen molar-refractivity contribution in [3.8, 4) is 0 Å². The van der Waals surface area contributed by atoms with E-state index < -0.39 is 6.10 Å². The van der Waals surface area contributed by atoms with Crippen molar-refractivity contribution in [1.29, 1.82) is 0 Å².